The van der Waals surface area contributed by atoms with Gasteiger partial charge < -0.3 is 20.1 Å². The zero-order valence-corrected chi connectivity index (χ0v) is 13.9. The summed E-state index contributed by atoms with van der Waals surface area (Å²) in [4.78, 5) is 25.4. The van der Waals surface area contributed by atoms with Crippen LogP contribution >= 0.6 is 0 Å². The maximum atomic E-state index is 12.6. The zero-order valence-electron chi connectivity index (χ0n) is 13.9. The van der Waals surface area contributed by atoms with E-state index in [-0.39, 0.29) is 23.8 Å². The molecule has 1 fully saturated rings. The molecule has 0 spiro atoms. The number of nitrogens with two attached hydrogens (primary N) is 1. The molecule has 1 aliphatic rings. The number of ether oxygens (including phenoxy) is 2. The number of rotatable bonds is 7. The molecular formula is C17H24N2O4. The molecule has 6 heteroatoms. The second kappa shape index (κ2) is 7.35. The summed E-state index contributed by atoms with van der Waals surface area (Å²) in [6.45, 7) is 2.65. The molecule has 1 aliphatic carbocycles. The molecule has 126 valence electrons. The highest BCUT2D eigenvalue weighted by Crippen LogP contribution is 2.33. The number of hydrogen-bond acceptors (Lipinski definition) is 4. The number of carbonyl (C=O) groups excluding carboxylic acids is 2. The topological polar surface area (TPSA) is 81.9 Å². The van der Waals surface area contributed by atoms with Gasteiger partial charge in [0.2, 0.25) is 5.91 Å². The van der Waals surface area contributed by atoms with Crippen LogP contribution in [0.25, 0.3) is 0 Å². The number of amides is 2. The number of nitrogens with zero attached hydrogens (tertiary/aromatic N) is 1. The van der Waals surface area contributed by atoms with E-state index in [0.717, 1.165) is 6.42 Å². The molecule has 2 rings (SSSR count). The molecule has 0 aromatic heterocycles. The van der Waals surface area contributed by atoms with Gasteiger partial charge in [-0.1, -0.05) is 6.92 Å². The van der Waals surface area contributed by atoms with Crippen LogP contribution in [0.4, 0.5) is 0 Å². The Bertz CT molecular complexity index is 582. The standard InChI is InChI=1S/C17H24N2O4/c1-4-7-23-13-5-6-14(15(10-13)22-3)17(21)19(2)12-8-11(9-12)16(18)20/h5-6,10-12H,4,7-9H2,1-3H3,(H2,18,20). The van der Waals surface area contributed by atoms with Gasteiger partial charge in [-0.05, 0) is 31.4 Å². The van der Waals surface area contributed by atoms with Crippen molar-refractivity contribution in [1.29, 1.82) is 0 Å². The number of hydrogen-bond donors (Lipinski definition) is 1. The lowest BCUT2D eigenvalue weighted by atomic mass is 9.79. The van der Waals surface area contributed by atoms with E-state index in [4.69, 9.17) is 15.2 Å². The van der Waals surface area contributed by atoms with Crippen molar-refractivity contribution in [1.82, 2.24) is 4.90 Å². The van der Waals surface area contributed by atoms with Crippen molar-refractivity contribution in [3.63, 3.8) is 0 Å². The third kappa shape index (κ3) is 3.75. The third-order valence-corrected chi connectivity index (χ3v) is 4.26. The summed E-state index contributed by atoms with van der Waals surface area (Å²) in [6, 6.07) is 5.25. The third-order valence-electron chi connectivity index (χ3n) is 4.26. The molecule has 1 aromatic rings. The SMILES string of the molecule is CCCOc1ccc(C(=O)N(C)C2CC(C(N)=O)C2)c(OC)c1. The quantitative estimate of drug-likeness (QED) is 0.831. The Morgan fingerprint density at radius 3 is 2.61 bits per heavy atom. The van der Waals surface area contributed by atoms with Crippen LogP contribution in [-0.2, 0) is 4.79 Å². The van der Waals surface area contributed by atoms with E-state index in [2.05, 4.69) is 0 Å². The Hall–Kier alpha value is -2.24. The van der Waals surface area contributed by atoms with Crippen molar-refractivity contribution in [3.8, 4) is 11.5 Å². The fourth-order valence-corrected chi connectivity index (χ4v) is 2.65. The van der Waals surface area contributed by atoms with Gasteiger partial charge in [0.1, 0.15) is 11.5 Å². The average molecular weight is 320 g/mol. The summed E-state index contributed by atoms with van der Waals surface area (Å²) in [7, 11) is 3.27. The summed E-state index contributed by atoms with van der Waals surface area (Å²) in [5.41, 5.74) is 5.76. The van der Waals surface area contributed by atoms with Crippen molar-refractivity contribution in [2.24, 2.45) is 11.7 Å². The predicted molar refractivity (Wildman–Crippen MR) is 86.6 cm³/mol. The lowest BCUT2D eigenvalue weighted by Gasteiger charge is -2.39. The normalized spacial score (nSPS) is 19.6. The highest BCUT2D eigenvalue weighted by atomic mass is 16.5. The number of primary amides is 1. The Labute approximate surface area is 136 Å². The van der Waals surface area contributed by atoms with E-state index in [1.54, 1.807) is 30.1 Å². The largest absolute Gasteiger partial charge is 0.496 e. The minimum Gasteiger partial charge on any atom is -0.496 e. The molecule has 6 nitrogen and oxygen atoms in total. The van der Waals surface area contributed by atoms with Gasteiger partial charge in [0, 0.05) is 25.1 Å². The van der Waals surface area contributed by atoms with Crippen LogP contribution < -0.4 is 15.2 Å². The first kappa shape index (κ1) is 17.1. The van der Waals surface area contributed by atoms with E-state index in [1.165, 1.54) is 7.11 Å². The summed E-state index contributed by atoms with van der Waals surface area (Å²) in [5, 5.41) is 0. The molecule has 23 heavy (non-hydrogen) atoms. The molecule has 1 saturated carbocycles. The number of methoxy groups -OCH3 is 1. The highest BCUT2D eigenvalue weighted by Gasteiger charge is 2.37. The van der Waals surface area contributed by atoms with Gasteiger partial charge in [-0.2, -0.15) is 0 Å². The van der Waals surface area contributed by atoms with Crippen LogP contribution in [-0.4, -0.2) is 43.5 Å². The van der Waals surface area contributed by atoms with Crippen molar-refractivity contribution in [3.05, 3.63) is 23.8 Å². The fourth-order valence-electron chi connectivity index (χ4n) is 2.65. The maximum Gasteiger partial charge on any atom is 0.257 e. The molecule has 0 heterocycles. The maximum absolute atomic E-state index is 12.6. The second-order valence-corrected chi connectivity index (χ2v) is 5.85. The van der Waals surface area contributed by atoms with Gasteiger partial charge in [-0.3, -0.25) is 9.59 Å². The van der Waals surface area contributed by atoms with Crippen LogP contribution in [0.2, 0.25) is 0 Å². The Balaban J connectivity index is 2.08. The van der Waals surface area contributed by atoms with E-state index in [9.17, 15) is 9.59 Å². The van der Waals surface area contributed by atoms with Crippen molar-refractivity contribution in [2.75, 3.05) is 20.8 Å². The van der Waals surface area contributed by atoms with Gasteiger partial charge in [-0.25, -0.2) is 0 Å². The Morgan fingerprint density at radius 1 is 1.35 bits per heavy atom. The first-order valence-electron chi connectivity index (χ1n) is 7.85. The zero-order chi connectivity index (χ0) is 17.0. The summed E-state index contributed by atoms with van der Waals surface area (Å²) in [6.07, 6.45) is 2.16. The van der Waals surface area contributed by atoms with Crippen molar-refractivity contribution in [2.45, 2.75) is 32.2 Å². The highest BCUT2D eigenvalue weighted by molar-refractivity contribution is 5.97. The Morgan fingerprint density at radius 2 is 2.04 bits per heavy atom. The van der Waals surface area contributed by atoms with Crippen LogP contribution in [0.3, 0.4) is 0 Å². The van der Waals surface area contributed by atoms with E-state index in [1.807, 2.05) is 6.92 Å². The fraction of sp³-hybridized carbons (Fsp3) is 0.529. The smallest absolute Gasteiger partial charge is 0.257 e. The second-order valence-electron chi connectivity index (χ2n) is 5.85. The van der Waals surface area contributed by atoms with Gasteiger partial charge in [0.15, 0.2) is 0 Å². The Kier molecular flexibility index (Phi) is 5.47. The lowest BCUT2D eigenvalue weighted by molar-refractivity contribution is -0.125. The summed E-state index contributed by atoms with van der Waals surface area (Å²) in [5.74, 6) is 0.623. The summed E-state index contributed by atoms with van der Waals surface area (Å²) < 4.78 is 10.9. The van der Waals surface area contributed by atoms with E-state index < -0.39 is 0 Å². The summed E-state index contributed by atoms with van der Waals surface area (Å²) >= 11 is 0. The molecule has 2 amide bonds. The lowest BCUT2D eigenvalue weighted by Crippen LogP contribution is -2.49. The van der Waals surface area contributed by atoms with Gasteiger partial charge in [0.25, 0.3) is 5.91 Å². The van der Waals surface area contributed by atoms with E-state index >= 15 is 0 Å². The molecule has 0 bridgehead atoms. The molecule has 2 N–H and O–H groups in total. The van der Waals surface area contributed by atoms with E-state index in [0.29, 0.717) is 36.5 Å². The molecule has 0 saturated heterocycles. The molecule has 0 radical (unpaired) electrons. The number of carbonyl (C=O) groups is 2. The van der Waals surface area contributed by atoms with Gasteiger partial charge in [0.05, 0.1) is 19.3 Å². The average Bonchev–Trinajstić information content (AvgIpc) is 2.49. The molecular weight excluding hydrogens is 296 g/mol. The predicted octanol–water partition coefficient (Wildman–Crippen LogP) is 1.82. The first-order chi connectivity index (χ1) is 11.0. The minimum absolute atomic E-state index is 0.0423. The van der Waals surface area contributed by atoms with Crippen LogP contribution in [0.1, 0.15) is 36.5 Å². The molecule has 1 aromatic carbocycles. The van der Waals surface area contributed by atoms with Gasteiger partial charge in [-0.15, -0.1) is 0 Å². The van der Waals surface area contributed by atoms with Crippen LogP contribution in [0, 0.1) is 5.92 Å². The molecule has 0 atom stereocenters. The first-order valence-corrected chi connectivity index (χ1v) is 7.85. The molecule has 0 unspecified atom stereocenters. The van der Waals surface area contributed by atoms with Crippen LogP contribution in [0.15, 0.2) is 18.2 Å². The minimum atomic E-state index is -0.294. The monoisotopic (exact) mass is 320 g/mol. The van der Waals surface area contributed by atoms with Crippen LogP contribution in [0.5, 0.6) is 11.5 Å². The van der Waals surface area contributed by atoms with Crippen molar-refractivity contribution >= 4 is 11.8 Å². The molecule has 0 aliphatic heterocycles. The number of benzene rings is 1. The van der Waals surface area contributed by atoms with Gasteiger partial charge >= 0.3 is 0 Å². The van der Waals surface area contributed by atoms with Crippen molar-refractivity contribution < 1.29 is 19.1 Å².